The zero-order chi connectivity index (χ0) is 30.9. The van der Waals surface area contributed by atoms with Gasteiger partial charge in [0.2, 0.25) is 0 Å². The maximum atomic E-state index is 14.4. The second-order valence-corrected chi connectivity index (χ2v) is 15.0. The molecule has 0 saturated heterocycles. The van der Waals surface area contributed by atoms with Gasteiger partial charge in [-0.2, -0.15) is 13.2 Å². The Kier molecular flexibility index (Phi) is 6.96. The van der Waals surface area contributed by atoms with E-state index < -0.39 is 11.7 Å². The zero-order valence-electron chi connectivity index (χ0n) is 25.7. The fourth-order valence-electron chi connectivity index (χ4n) is 6.21. The van der Waals surface area contributed by atoms with Gasteiger partial charge in [-0.25, -0.2) is 0 Å². The minimum Gasteiger partial charge on any atom is -0.254 e. The Labute approximate surface area is 255 Å². The van der Waals surface area contributed by atoms with Crippen LogP contribution in [0.3, 0.4) is 0 Å². The van der Waals surface area contributed by atoms with Crippen molar-refractivity contribution in [2.24, 2.45) is 5.41 Å². The quantitative estimate of drug-likeness (QED) is 0.198. The number of alkyl halides is 3. The summed E-state index contributed by atoms with van der Waals surface area (Å²) in [7, 11) is 0. The molecule has 220 valence electrons. The van der Waals surface area contributed by atoms with E-state index in [4.69, 9.17) is 0 Å². The summed E-state index contributed by atoms with van der Waals surface area (Å²) in [5.74, 6) is 0. The minimum absolute atomic E-state index is 0.157. The third kappa shape index (κ3) is 5.56. The molecule has 0 bridgehead atoms. The third-order valence-corrected chi connectivity index (χ3v) is 9.24. The van der Waals surface area contributed by atoms with E-state index in [1.165, 1.54) is 16.9 Å². The summed E-state index contributed by atoms with van der Waals surface area (Å²) in [6.07, 6.45) is -2.52. The number of aromatic nitrogens is 1. The van der Waals surface area contributed by atoms with Crippen LogP contribution in [-0.2, 0) is 18.0 Å². The second kappa shape index (κ2) is 10.2. The van der Waals surface area contributed by atoms with Crippen molar-refractivity contribution in [2.75, 3.05) is 0 Å². The molecule has 6 aromatic rings. The first-order valence-electron chi connectivity index (χ1n) is 14.7. The Morgan fingerprint density at radius 1 is 0.744 bits per heavy atom. The number of nitrogens with zero attached hydrogens (tertiary/aromatic N) is 1. The van der Waals surface area contributed by atoms with Gasteiger partial charge in [0.15, 0.2) is 0 Å². The van der Waals surface area contributed by atoms with E-state index in [0.717, 1.165) is 55.9 Å². The first-order chi connectivity index (χ1) is 20.1. The van der Waals surface area contributed by atoms with E-state index in [2.05, 4.69) is 95.9 Å². The number of rotatable bonds is 3. The Morgan fingerprint density at radius 2 is 1.49 bits per heavy atom. The Morgan fingerprint density at radius 3 is 2.16 bits per heavy atom. The van der Waals surface area contributed by atoms with Crippen molar-refractivity contribution in [3.8, 4) is 22.4 Å². The molecule has 0 amide bonds. The standard InChI is InChI=1S/C38H36F3NS/c1-22-16-23(20-36(2,3)4)12-14-27(22)25-13-15-29-32(19-25)43-35-33(29)31(38(39,40)41)21-42-34(35)26-17-24-10-8-9-11-28(24)30(18-26)37(5,6)7/h8-19,21H,20H2,1-7H3. The Bertz CT molecular complexity index is 2020. The number of pyridine rings is 1. The van der Waals surface area contributed by atoms with Crippen LogP contribution in [0.2, 0.25) is 0 Å². The van der Waals surface area contributed by atoms with Gasteiger partial charge in [-0.1, -0.05) is 96.1 Å². The van der Waals surface area contributed by atoms with Crippen LogP contribution < -0.4 is 0 Å². The summed E-state index contributed by atoms with van der Waals surface area (Å²) in [5.41, 5.74) is 6.44. The van der Waals surface area contributed by atoms with Gasteiger partial charge in [-0.15, -0.1) is 11.3 Å². The van der Waals surface area contributed by atoms with Crippen molar-refractivity contribution >= 4 is 42.3 Å². The van der Waals surface area contributed by atoms with Crippen LogP contribution >= 0.6 is 11.3 Å². The lowest BCUT2D eigenvalue weighted by Gasteiger charge is -2.23. The fraction of sp³-hybridized carbons (Fsp3) is 0.289. The van der Waals surface area contributed by atoms with E-state index in [1.54, 1.807) is 0 Å². The molecule has 0 radical (unpaired) electrons. The second-order valence-electron chi connectivity index (χ2n) is 13.9. The van der Waals surface area contributed by atoms with Crippen LogP contribution in [-0.4, -0.2) is 4.98 Å². The van der Waals surface area contributed by atoms with Crippen molar-refractivity contribution < 1.29 is 13.2 Å². The molecule has 5 heteroatoms. The van der Waals surface area contributed by atoms with Crippen LogP contribution in [0.5, 0.6) is 0 Å². The van der Waals surface area contributed by atoms with Crippen LogP contribution in [0, 0.1) is 12.3 Å². The first-order valence-corrected chi connectivity index (χ1v) is 15.5. The maximum absolute atomic E-state index is 14.4. The molecule has 0 fully saturated rings. The van der Waals surface area contributed by atoms with Crippen LogP contribution in [0.15, 0.2) is 79.0 Å². The summed E-state index contributed by atoms with van der Waals surface area (Å²) >= 11 is 1.40. The molecule has 2 aromatic heterocycles. The van der Waals surface area contributed by atoms with Gasteiger partial charge in [0, 0.05) is 27.2 Å². The molecule has 43 heavy (non-hydrogen) atoms. The van der Waals surface area contributed by atoms with Crippen molar-refractivity contribution in [1.29, 1.82) is 0 Å². The summed E-state index contributed by atoms with van der Waals surface area (Å²) < 4.78 is 44.6. The van der Waals surface area contributed by atoms with E-state index in [0.29, 0.717) is 15.8 Å². The van der Waals surface area contributed by atoms with Crippen LogP contribution in [0.25, 0.3) is 53.3 Å². The molecular weight excluding hydrogens is 559 g/mol. The number of hydrogen-bond donors (Lipinski definition) is 0. The Hall–Kier alpha value is -3.70. The number of benzene rings is 4. The van der Waals surface area contributed by atoms with Gasteiger partial charge in [-0.3, -0.25) is 4.98 Å². The minimum atomic E-state index is -4.52. The molecule has 0 saturated carbocycles. The molecule has 0 aliphatic heterocycles. The number of hydrogen-bond acceptors (Lipinski definition) is 2. The van der Waals surface area contributed by atoms with Crippen LogP contribution in [0.4, 0.5) is 13.2 Å². The predicted octanol–water partition coefficient (Wildman–Crippen LogP) is 12.2. The molecule has 0 unspecified atom stereocenters. The van der Waals surface area contributed by atoms with Gasteiger partial charge in [0.25, 0.3) is 0 Å². The maximum Gasteiger partial charge on any atom is 0.418 e. The highest BCUT2D eigenvalue weighted by molar-refractivity contribution is 7.26. The molecular formula is C38H36F3NS. The number of aryl methyl sites for hydroxylation is 1. The van der Waals surface area contributed by atoms with Gasteiger partial charge >= 0.3 is 6.18 Å². The molecule has 1 nitrogen and oxygen atoms in total. The van der Waals surface area contributed by atoms with Gasteiger partial charge in [-0.05, 0) is 81.0 Å². The summed E-state index contributed by atoms with van der Waals surface area (Å²) in [5, 5.41) is 3.03. The van der Waals surface area contributed by atoms with Crippen LogP contribution in [0.1, 0.15) is 63.8 Å². The molecule has 0 atom stereocenters. The van der Waals surface area contributed by atoms with E-state index >= 15 is 0 Å². The Balaban J connectivity index is 1.58. The third-order valence-electron chi connectivity index (χ3n) is 8.08. The summed E-state index contributed by atoms with van der Waals surface area (Å²) in [4.78, 5) is 4.49. The van der Waals surface area contributed by atoms with E-state index in [1.807, 2.05) is 30.3 Å². The average Bonchev–Trinajstić information content (AvgIpc) is 3.28. The lowest BCUT2D eigenvalue weighted by atomic mass is 9.82. The SMILES string of the molecule is Cc1cc(CC(C)(C)C)ccc1-c1ccc2c(c1)sc1c(-c3cc(C(C)(C)C)c4ccccc4c3)ncc(C(F)(F)F)c12. The number of halogens is 3. The molecule has 0 spiro atoms. The predicted molar refractivity (Wildman–Crippen MR) is 177 cm³/mol. The highest BCUT2D eigenvalue weighted by Gasteiger charge is 2.35. The van der Waals surface area contributed by atoms with E-state index in [9.17, 15) is 13.2 Å². The van der Waals surface area contributed by atoms with Crippen molar-refractivity contribution in [3.63, 3.8) is 0 Å². The number of fused-ring (bicyclic) bond motifs is 4. The van der Waals surface area contributed by atoms with E-state index in [-0.39, 0.29) is 16.2 Å². The molecule has 4 aromatic carbocycles. The van der Waals surface area contributed by atoms with Crippen molar-refractivity contribution in [2.45, 2.75) is 66.5 Å². The molecule has 2 heterocycles. The average molecular weight is 596 g/mol. The molecule has 0 aliphatic carbocycles. The normalized spacial score (nSPS) is 13.0. The van der Waals surface area contributed by atoms with Crippen molar-refractivity contribution in [3.05, 3.63) is 101 Å². The van der Waals surface area contributed by atoms with Gasteiger partial charge < -0.3 is 0 Å². The highest BCUT2D eigenvalue weighted by Crippen LogP contribution is 2.47. The summed E-state index contributed by atoms with van der Waals surface area (Å²) in [6.45, 7) is 15.3. The van der Waals surface area contributed by atoms with Gasteiger partial charge in [0.05, 0.1) is 16.0 Å². The van der Waals surface area contributed by atoms with Crippen molar-refractivity contribution in [1.82, 2.24) is 4.98 Å². The lowest BCUT2D eigenvalue weighted by Crippen LogP contribution is -2.12. The molecule has 0 N–H and O–H groups in total. The largest absolute Gasteiger partial charge is 0.418 e. The topological polar surface area (TPSA) is 12.9 Å². The summed E-state index contributed by atoms with van der Waals surface area (Å²) in [6, 6.07) is 24.7. The van der Waals surface area contributed by atoms with Gasteiger partial charge in [0.1, 0.15) is 0 Å². The molecule has 0 aliphatic rings. The smallest absolute Gasteiger partial charge is 0.254 e. The zero-order valence-corrected chi connectivity index (χ0v) is 26.5. The lowest BCUT2D eigenvalue weighted by molar-refractivity contribution is -0.136. The first kappa shape index (κ1) is 29.4. The number of thiophene rings is 1. The molecule has 6 rings (SSSR count). The fourth-order valence-corrected chi connectivity index (χ4v) is 7.49. The highest BCUT2D eigenvalue weighted by atomic mass is 32.1. The monoisotopic (exact) mass is 595 g/mol.